The Labute approximate surface area is 183 Å². The quantitative estimate of drug-likeness (QED) is 0.586. The summed E-state index contributed by atoms with van der Waals surface area (Å²) in [5, 5.41) is 2.94. The molecule has 1 fully saturated rings. The van der Waals surface area contributed by atoms with E-state index in [0.717, 1.165) is 29.9 Å². The summed E-state index contributed by atoms with van der Waals surface area (Å²) in [6.45, 7) is 0.843. The van der Waals surface area contributed by atoms with E-state index >= 15 is 0 Å². The number of benzene rings is 2. The summed E-state index contributed by atoms with van der Waals surface area (Å²) < 4.78 is 26.9. The highest BCUT2D eigenvalue weighted by Crippen LogP contribution is 2.40. The summed E-state index contributed by atoms with van der Waals surface area (Å²) in [5.41, 5.74) is 1.56. The second-order valence-electron chi connectivity index (χ2n) is 7.28. The number of anilines is 1. The van der Waals surface area contributed by atoms with Crippen LogP contribution in [0, 0.1) is 0 Å². The van der Waals surface area contributed by atoms with Gasteiger partial charge in [0.15, 0.2) is 11.5 Å². The Kier molecular flexibility index (Phi) is 7.46. The van der Waals surface area contributed by atoms with Crippen molar-refractivity contribution in [3.8, 4) is 28.7 Å². The van der Waals surface area contributed by atoms with Crippen LogP contribution in [0.15, 0.2) is 30.3 Å². The number of amides is 1. The van der Waals surface area contributed by atoms with E-state index in [-0.39, 0.29) is 12.5 Å². The molecule has 0 aliphatic heterocycles. The lowest BCUT2D eigenvalue weighted by Crippen LogP contribution is -2.34. The fraction of sp³-hybridized carbons (Fsp3) is 0.435. The van der Waals surface area contributed by atoms with Crippen LogP contribution in [-0.2, 0) is 11.3 Å². The number of ether oxygens (including phenoxy) is 5. The zero-order valence-electron chi connectivity index (χ0n) is 18.7. The molecule has 31 heavy (non-hydrogen) atoms. The third-order valence-electron chi connectivity index (χ3n) is 5.22. The highest BCUT2D eigenvalue weighted by molar-refractivity contribution is 5.93. The first-order valence-electron chi connectivity index (χ1n) is 10.1. The maximum atomic E-state index is 12.9. The number of rotatable bonds is 11. The smallest absolute Gasteiger partial charge is 0.238 e. The van der Waals surface area contributed by atoms with Crippen molar-refractivity contribution in [2.75, 3.05) is 47.4 Å². The third-order valence-corrected chi connectivity index (χ3v) is 5.22. The van der Waals surface area contributed by atoms with Gasteiger partial charge in [-0.25, -0.2) is 0 Å². The molecule has 1 aliphatic carbocycles. The Hall–Kier alpha value is -3.13. The fourth-order valence-electron chi connectivity index (χ4n) is 3.52. The molecule has 8 nitrogen and oxygen atoms in total. The van der Waals surface area contributed by atoms with Crippen LogP contribution in [0.5, 0.6) is 28.7 Å². The van der Waals surface area contributed by atoms with Crippen LogP contribution in [-0.4, -0.2) is 58.9 Å². The predicted molar refractivity (Wildman–Crippen MR) is 118 cm³/mol. The average molecular weight is 431 g/mol. The van der Waals surface area contributed by atoms with E-state index in [1.807, 2.05) is 18.2 Å². The van der Waals surface area contributed by atoms with Crippen molar-refractivity contribution in [1.82, 2.24) is 4.90 Å². The summed E-state index contributed by atoms with van der Waals surface area (Å²) in [7, 11) is 7.90. The van der Waals surface area contributed by atoms with E-state index in [1.54, 1.807) is 47.7 Å². The first kappa shape index (κ1) is 22.6. The van der Waals surface area contributed by atoms with Gasteiger partial charge in [0.1, 0.15) is 11.5 Å². The summed E-state index contributed by atoms with van der Waals surface area (Å²) in [6, 6.07) is 9.50. The van der Waals surface area contributed by atoms with Crippen LogP contribution in [0.1, 0.15) is 18.4 Å². The monoisotopic (exact) mass is 430 g/mol. The number of methoxy groups -OCH3 is 5. The third kappa shape index (κ3) is 5.52. The highest BCUT2D eigenvalue weighted by Gasteiger charge is 2.31. The lowest BCUT2D eigenvalue weighted by atomic mass is 10.1. The SMILES string of the molecule is COc1ccc(OC)c(CN(CC(=O)Nc2cc(OC)c(OC)c(OC)c2)C2CC2)c1. The van der Waals surface area contributed by atoms with E-state index in [9.17, 15) is 4.79 Å². The van der Waals surface area contributed by atoms with Crippen molar-refractivity contribution in [2.45, 2.75) is 25.4 Å². The Morgan fingerprint density at radius 2 is 1.55 bits per heavy atom. The Morgan fingerprint density at radius 3 is 2.06 bits per heavy atom. The molecule has 0 bridgehead atoms. The van der Waals surface area contributed by atoms with Crippen molar-refractivity contribution in [3.05, 3.63) is 35.9 Å². The Balaban J connectivity index is 1.74. The molecule has 8 heteroatoms. The van der Waals surface area contributed by atoms with Gasteiger partial charge < -0.3 is 29.0 Å². The normalized spacial score (nSPS) is 13.0. The average Bonchev–Trinajstić information content (AvgIpc) is 3.63. The first-order chi connectivity index (χ1) is 15.0. The van der Waals surface area contributed by atoms with Crippen LogP contribution >= 0.6 is 0 Å². The van der Waals surface area contributed by atoms with Gasteiger partial charge in [-0.05, 0) is 31.0 Å². The predicted octanol–water partition coefficient (Wildman–Crippen LogP) is 3.33. The molecule has 168 valence electrons. The zero-order valence-corrected chi connectivity index (χ0v) is 18.7. The summed E-state index contributed by atoms with van der Waals surface area (Å²) >= 11 is 0. The lowest BCUT2D eigenvalue weighted by molar-refractivity contribution is -0.117. The maximum Gasteiger partial charge on any atom is 0.238 e. The number of nitrogens with one attached hydrogen (secondary N) is 1. The number of hydrogen-bond acceptors (Lipinski definition) is 7. The van der Waals surface area contributed by atoms with Gasteiger partial charge in [-0.1, -0.05) is 0 Å². The second kappa shape index (κ2) is 10.3. The van der Waals surface area contributed by atoms with Gasteiger partial charge in [-0.15, -0.1) is 0 Å². The van der Waals surface area contributed by atoms with Crippen molar-refractivity contribution in [3.63, 3.8) is 0 Å². The topological polar surface area (TPSA) is 78.5 Å². The maximum absolute atomic E-state index is 12.9. The number of nitrogens with zero attached hydrogens (tertiary/aromatic N) is 1. The van der Waals surface area contributed by atoms with Crippen molar-refractivity contribution in [2.24, 2.45) is 0 Å². The summed E-state index contributed by atoms with van der Waals surface area (Å²) in [6.07, 6.45) is 2.15. The standard InChI is InChI=1S/C23H30N2O6/c1-27-18-8-9-19(28-2)15(10-18)13-25(17-6-7-17)14-22(26)24-16-11-20(29-3)23(31-5)21(12-16)30-4/h8-12,17H,6-7,13-14H2,1-5H3,(H,24,26). The number of carbonyl (C=O) groups is 1. The Morgan fingerprint density at radius 1 is 0.903 bits per heavy atom. The minimum atomic E-state index is -0.122. The van der Waals surface area contributed by atoms with E-state index in [1.165, 1.54) is 0 Å². The fourth-order valence-corrected chi connectivity index (χ4v) is 3.52. The molecule has 0 radical (unpaired) electrons. The number of carbonyl (C=O) groups excluding carboxylic acids is 1. The second-order valence-corrected chi connectivity index (χ2v) is 7.28. The molecule has 2 aromatic rings. The molecule has 1 amide bonds. The zero-order chi connectivity index (χ0) is 22.4. The van der Waals surface area contributed by atoms with Gasteiger partial charge in [0.2, 0.25) is 11.7 Å². The van der Waals surface area contributed by atoms with Gasteiger partial charge in [-0.3, -0.25) is 9.69 Å². The van der Waals surface area contributed by atoms with Gasteiger partial charge in [0.05, 0.1) is 42.1 Å². The van der Waals surface area contributed by atoms with Crippen molar-refractivity contribution in [1.29, 1.82) is 0 Å². The molecule has 0 spiro atoms. The van der Waals surface area contributed by atoms with Crippen LogP contribution in [0.4, 0.5) is 5.69 Å². The molecule has 0 saturated heterocycles. The molecular weight excluding hydrogens is 400 g/mol. The summed E-state index contributed by atoms with van der Waals surface area (Å²) in [5.74, 6) is 2.86. The lowest BCUT2D eigenvalue weighted by Gasteiger charge is -2.23. The van der Waals surface area contributed by atoms with E-state index < -0.39 is 0 Å². The molecule has 0 atom stereocenters. The van der Waals surface area contributed by atoms with Crippen molar-refractivity contribution >= 4 is 11.6 Å². The molecule has 0 heterocycles. The number of hydrogen-bond donors (Lipinski definition) is 1. The van der Waals surface area contributed by atoms with E-state index in [2.05, 4.69) is 10.2 Å². The van der Waals surface area contributed by atoms with Gasteiger partial charge in [-0.2, -0.15) is 0 Å². The summed E-state index contributed by atoms with van der Waals surface area (Å²) in [4.78, 5) is 15.0. The Bertz CT molecular complexity index is 888. The molecule has 3 rings (SSSR count). The van der Waals surface area contributed by atoms with E-state index in [0.29, 0.717) is 35.5 Å². The molecule has 1 aliphatic rings. The molecule has 2 aromatic carbocycles. The van der Waals surface area contributed by atoms with Gasteiger partial charge in [0, 0.05) is 36.0 Å². The largest absolute Gasteiger partial charge is 0.497 e. The van der Waals surface area contributed by atoms with Crippen LogP contribution < -0.4 is 29.0 Å². The molecule has 0 aromatic heterocycles. The van der Waals surface area contributed by atoms with E-state index in [4.69, 9.17) is 23.7 Å². The highest BCUT2D eigenvalue weighted by atomic mass is 16.5. The van der Waals surface area contributed by atoms with Gasteiger partial charge in [0.25, 0.3) is 0 Å². The molecule has 1 saturated carbocycles. The van der Waals surface area contributed by atoms with Gasteiger partial charge >= 0.3 is 0 Å². The van der Waals surface area contributed by atoms with Crippen molar-refractivity contribution < 1.29 is 28.5 Å². The van der Waals surface area contributed by atoms with Crippen LogP contribution in [0.3, 0.4) is 0 Å². The minimum absolute atomic E-state index is 0.122. The first-order valence-corrected chi connectivity index (χ1v) is 10.1. The molecule has 0 unspecified atom stereocenters. The molecular formula is C23H30N2O6. The molecule has 1 N–H and O–H groups in total. The minimum Gasteiger partial charge on any atom is -0.497 e. The van der Waals surface area contributed by atoms with Crippen LogP contribution in [0.25, 0.3) is 0 Å². The van der Waals surface area contributed by atoms with Crippen LogP contribution in [0.2, 0.25) is 0 Å².